The van der Waals surface area contributed by atoms with Gasteiger partial charge in [0.05, 0.1) is 0 Å². The molecule has 0 spiro atoms. The van der Waals surface area contributed by atoms with Crippen LogP contribution in [0.2, 0.25) is 0 Å². The third kappa shape index (κ3) is 2.46. The molecule has 0 aromatic heterocycles. The van der Waals surface area contributed by atoms with Gasteiger partial charge in [0.15, 0.2) is 0 Å². The highest BCUT2D eigenvalue weighted by atomic mass is 15.1. The van der Waals surface area contributed by atoms with E-state index in [-0.39, 0.29) is 0 Å². The van der Waals surface area contributed by atoms with E-state index in [0.717, 1.165) is 5.92 Å². The van der Waals surface area contributed by atoms with Gasteiger partial charge < -0.3 is 5.32 Å². The Morgan fingerprint density at radius 3 is 2.31 bits per heavy atom. The van der Waals surface area contributed by atoms with Crippen LogP contribution in [-0.2, 0) is 0 Å². The fourth-order valence-electron chi connectivity index (χ4n) is 2.62. The predicted molar refractivity (Wildman–Crippen MR) is 58.9 cm³/mol. The van der Waals surface area contributed by atoms with Crippen LogP contribution >= 0.6 is 0 Å². The molecule has 13 heavy (non-hydrogen) atoms. The maximum absolute atomic E-state index is 3.82. The Bertz CT molecular complexity index is 174. The van der Waals surface area contributed by atoms with Crippen LogP contribution in [0, 0.1) is 5.92 Å². The summed E-state index contributed by atoms with van der Waals surface area (Å²) in [6.45, 7) is 11.7. The Hall–Kier alpha value is -0.0400. The molecule has 1 heteroatoms. The number of hydrogen-bond acceptors (Lipinski definition) is 1. The van der Waals surface area contributed by atoms with Crippen LogP contribution < -0.4 is 5.32 Å². The highest BCUT2D eigenvalue weighted by molar-refractivity contribution is 4.98. The Labute approximate surface area is 83.3 Å². The molecule has 0 aliphatic carbocycles. The van der Waals surface area contributed by atoms with E-state index in [1.807, 2.05) is 0 Å². The maximum Gasteiger partial charge on any atom is 0.0183 e. The Balaban J connectivity index is 2.68. The Kier molecular flexibility index (Phi) is 3.06. The van der Waals surface area contributed by atoms with E-state index in [4.69, 9.17) is 0 Å². The van der Waals surface area contributed by atoms with E-state index in [0.29, 0.717) is 11.1 Å². The quantitative estimate of drug-likeness (QED) is 0.692. The molecule has 0 bridgehead atoms. The number of piperidine rings is 1. The van der Waals surface area contributed by atoms with Gasteiger partial charge in [-0.1, -0.05) is 20.3 Å². The largest absolute Gasteiger partial charge is 0.306 e. The van der Waals surface area contributed by atoms with Crippen LogP contribution in [0.5, 0.6) is 0 Å². The smallest absolute Gasteiger partial charge is 0.0183 e. The summed E-state index contributed by atoms with van der Waals surface area (Å²) in [5.74, 6) is 0.784. The maximum atomic E-state index is 3.82. The van der Waals surface area contributed by atoms with Crippen molar-refractivity contribution in [2.45, 2.75) is 71.4 Å². The van der Waals surface area contributed by atoms with Crippen molar-refractivity contribution in [2.75, 3.05) is 0 Å². The first-order valence-electron chi connectivity index (χ1n) is 5.69. The van der Waals surface area contributed by atoms with Gasteiger partial charge in [0.25, 0.3) is 0 Å². The lowest BCUT2D eigenvalue weighted by molar-refractivity contribution is 0.114. The highest BCUT2D eigenvalue weighted by Crippen LogP contribution is 2.34. The van der Waals surface area contributed by atoms with Crippen molar-refractivity contribution in [3.05, 3.63) is 0 Å². The fraction of sp³-hybridized carbons (Fsp3) is 1.00. The van der Waals surface area contributed by atoms with Crippen LogP contribution in [0.4, 0.5) is 0 Å². The van der Waals surface area contributed by atoms with Crippen molar-refractivity contribution in [1.82, 2.24) is 5.32 Å². The van der Waals surface area contributed by atoms with E-state index < -0.39 is 0 Å². The molecule has 0 aromatic rings. The lowest BCUT2D eigenvalue weighted by Gasteiger charge is -2.48. The second-order valence-electron chi connectivity index (χ2n) is 5.59. The van der Waals surface area contributed by atoms with Gasteiger partial charge >= 0.3 is 0 Å². The second kappa shape index (κ2) is 3.61. The summed E-state index contributed by atoms with van der Waals surface area (Å²) in [5.41, 5.74) is 0.715. The zero-order valence-electron chi connectivity index (χ0n) is 9.91. The molecule has 0 radical (unpaired) electrons. The zero-order valence-corrected chi connectivity index (χ0v) is 9.91. The lowest BCUT2D eigenvalue weighted by Crippen LogP contribution is -2.59. The third-order valence-corrected chi connectivity index (χ3v) is 3.82. The minimum Gasteiger partial charge on any atom is -0.306 e. The summed E-state index contributed by atoms with van der Waals surface area (Å²) < 4.78 is 0. The van der Waals surface area contributed by atoms with Gasteiger partial charge in [-0.2, -0.15) is 0 Å². The molecule has 1 aliphatic heterocycles. The second-order valence-corrected chi connectivity index (χ2v) is 5.59. The molecular weight excluding hydrogens is 158 g/mol. The van der Waals surface area contributed by atoms with Gasteiger partial charge in [0.2, 0.25) is 0 Å². The van der Waals surface area contributed by atoms with E-state index in [1.165, 1.54) is 25.7 Å². The normalized spacial score (nSPS) is 35.8. The van der Waals surface area contributed by atoms with Crippen molar-refractivity contribution in [2.24, 2.45) is 5.92 Å². The van der Waals surface area contributed by atoms with E-state index >= 15 is 0 Å². The molecule has 0 saturated carbocycles. The number of hydrogen-bond donors (Lipinski definition) is 1. The summed E-state index contributed by atoms with van der Waals surface area (Å²) in [7, 11) is 0. The van der Waals surface area contributed by atoms with Crippen LogP contribution in [0.25, 0.3) is 0 Å². The number of rotatable bonds is 2. The fourth-order valence-corrected chi connectivity index (χ4v) is 2.62. The van der Waals surface area contributed by atoms with E-state index in [2.05, 4.69) is 39.9 Å². The SMILES string of the molecule is CCC(C)C1(C)CCCC(C)(C)N1. The van der Waals surface area contributed by atoms with E-state index in [1.54, 1.807) is 0 Å². The molecule has 1 saturated heterocycles. The van der Waals surface area contributed by atoms with Gasteiger partial charge in [-0.25, -0.2) is 0 Å². The summed E-state index contributed by atoms with van der Waals surface area (Å²) >= 11 is 0. The molecule has 2 unspecified atom stereocenters. The van der Waals surface area contributed by atoms with Gasteiger partial charge in [0.1, 0.15) is 0 Å². The van der Waals surface area contributed by atoms with Crippen molar-refractivity contribution < 1.29 is 0 Å². The molecule has 1 rings (SSSR count). The van der Waals surface area contributed by atoms with Crippen molar-refractivity contribution in [1.29, 1.82) is 0 Å². The van der Waals surface area contributed by atoms with Gasteiger partial charge in [-0.05, 0) is 46.0 Å². The molecule has 2 atom stereocenters. The standard InChI is InChI=1S/C12H25N/c1-6-10(2)12(5)9-7-8-11(3,4)13-12/h10,13H,6-9H2,1-5H3. The predicted octanol–water partition coefficient (Wildman–Crippen LogP) is 3.34. The minimum absolute atomic E-state index is 0.344. The first kappa shape index (κ1) is 11.0. The Morgan fingerprint density at radius 1 is 1.23 bits per heavy atom. The average Bonchev–Trinajstić information content (AvgIpc) is 2.00. The van der Waals surface area contributed by atoms with Gasteiger partial charge in [-0.15, -0.1) is 0 Å². The summed E-state index contributed by atoms with van der Waals surface area (Å²) in [6.07, 6.45) is 5.31. The number of nitrogens with one attached hydrogen (secondary N) is 1. The van der Waals surface area contributed by atoms with Crippen LogP contribution in [0.3, 0.4) is 0 Å². The molecule has 78 valence electrons. The topological polar surface area (TPSA) is 12.0 Å². The first-order chi connectivity index (χ1) is 5.90. The summed E-state index contributed by atoms with van der Waals surface area (Å²) in [6, 6.07) is 0. The lowest BCUT2D eigenvalue weighted by atomic mass is 9.74. The summed E-state index contributed by atoms with van der Waals surface area (Å²) in [4.78, 5) is 0. The average molecular weight is 183 g/mol. The van der Waals surface area contributed by atoms with Gasteiger partial charge in [0, 0.05) is 11.1 Å². The van der Waals surface area contributed by atoms with Crippen LogP contribution in [0.15, 0.2) is 0 Å². The van der Waals surface area contributed by atoms with E-state index in [9.17, 15) is 0 Å². The molecule has 1 aliphatic rings. The highest BCUT2D eigenvalue weighted by Gasteiger charge is 2.38. The van der Waals surface area contributed by atoms with Crippen molar-refractivity contribution in [3.63, 3.8) is 0 Å². The molecule has 1 N–H and O–H groups in total. The summed E-state index contributed by atoms with van der Waals surface area (Å²) in [5, 5.41) is 3.82. The van der Waals surface area contributed by atoms with Crippen molar-refractivity contribution >= 4 is 0 Å². The third-order valence-electron chi connectivity index (χ3n) is 3.82. The first-order valence-corrected chi connectivity index (χ1v) is 5.69. The molecule has 0 aromatic carbocycles. The monoisotopic (exact) mass is 183 g/mol. The molecule has 0 amide bonds. The molecule has 1 nitrogen and oxygen atoms in total. The Morgan fingerprint density at radius 2 is 1.85 bits per heavy atom. The molecule has 1 heterocycles. The van der Waals surface area contributed by atoms with Gasteiger partial charge in [-0.3, -0.25) is 0 Å². The minimum atomic E-state index is 0.344. The molecule has 1 fully saturated rings. The van der Waals surface area contributed by atoms with Crippen LogP contribution in [-0.4, -0.2) is 11.1 Å². The van der Waals surface area contributed by atoms with Crippen molar-refractivity contribution in [3.8, 4) is 0 Å². The molecular formula is C12H25N. The zero-order chi connectivity index (χ0) is 10.1. The van der Waals surface area contributed by atoms with Crippen LogP contribution in [0.1, 0.15) is 60.3 Å².